The molecule has 1 aromatic rings. The lowest BCUT2D eigenvalue weighted by molar-refractivity contribution is -0.139. The first kappa shape index (κ1) is 13.7. The third-order valence-electron chi connectivity index (χ3n) is 2.28. The Morgan fingerprint density at radius 3 is 2.47 bits per heavy atom. The van der Waals surface area contributed by atoms with Crippen molar-refractivity contribution in [1.82, 2.24) is 0 Å². The molecule has 1 rings (SSSR count). The Bertz CT molecular complexity index is 517. The van der Waals surface area contributed by atoms with Gasteiger partial charge in [0.25, 0.3) is 0 Å². The topological polar surface area (TPSA) is 60.4 Å². The van der Waals surface area contributed by atoms with E-state index in [0.29, 0.717) is 5.56 Å². The van der Waals surface area contributed by atoms with E-state index in [0.717, 1.165) is 5.56 Å². The zero-order valence-electron chi connectivity index (χ0n) is 10.2. The van der Waals surface area contributed by atoms with Gasteiger partial charge in [-0.3, -0.25) is 4.79 Å². The minimum atomic E-state index is -3.60. The van der Waals surface area contributed by atoms with Crippen LogP contribution in [0.5, 0.6) is 0 Å². The van der Waals surface area contributed by atoms with Gasteiger partial charge < -0.3 is 4.74 Å². The van der Waals surface area contributed by atoms with E-state index in [1.807, 2.05) is 6.92 Å². The van der Waals surface area contributed by atoms with Crippen LogP contribution in [0.1, 0.15) is 18.1 Å². The molecule has 1 aromatic carbocycles. The van der Waals surface area contributed by atoms with Gasteiger partial charge in [0, 0.05) is 0 Å². The van der Waals surface area contributed by atoms with Crippen molar-refractivity contribution < 1.29 is 17.9 Å². The lowest BCUT2D eigenvalue weighted by Crippen LogP contribution is -2.19. The quantitative estimate of drug-likeness (QED) is 0.768. The van der Waals surface area contributed by atoms with Crippen LogP contribution in [-0.4, -0.2) is 26.7 Å². The molecule has 0 aliphatic rings. The molecule has 0 bridgehead atoms. The summed E-state index contributed by atoms with van der Waals surface area (Å²) in [7, 11) is -3.60. The van der Waals surface area contributed by atoms with Crippen LogP contribution in [0.15, 0.2) is 23.1 Å². The molecule has 0 N–H and O–H groups in total. The predicted molar refractivity (Wildman–Crippen MR) is 64.6 cm³/mol. The number of esters is 1. The molecular formula is C12H16O4S. The molecule has 0 atom stereocenters. The second-order valence-electron chi connectivity index (χ2n) is 3.83. The Morgan fingerprint density at radius 1 is 1.29 bits per heavy atom. The van der Waals surface area contributed by atoms with Gasteiger partial charge in [-0.05, 0) is 32.4 Å². The third kappa shape index (κ3) is 3.56. The fourth-order valence-corrected chi connectivity index (χ4v) is 2.96. The lowest BCUT2D eigenvalue weighted by atomic mass is 10.2. The minimum Gasteiger partial charge on any atom is -0.465 e. The SMILES string of the molecule is CCOC(=O)CS(=O)(=O)c1ccc(C)cc1C. The van der Waals surface area contributed by atoms with Crippen LogP contribution in [0.2, 0.25) is 0 Å². The maximum atomic E-state index is 11.9. The van der Waals surface area contributed by atoms with Crippen LogP contribution in [0.3, 0.4) is 0 Å². The monoisotopic (exact) mass is 256 g/mol. The first-order valence-electron chi connectivity index (χ1n) is 5.32. The number of aryl methyl sites for hydroxylation is 2. The Morgan fingerprint density at radius 2 is 1.94 bits per heavy atom. The molecule has 4 nitrogen and oxygen atoms in total. The van der Waals surface area contributed by atoms with Crippen molar-refractivity contribution in [2.24, 2.45) is 0 Å². The van der Waals surface area contributed by atoms with E-state index in [4.69, 9.17) is 0 Å². The molecule has 0 saturated heterocycles. The van der Waals surface area contributed by atoms with Crippen molar-refractivity contribution in [3.63, 3.8) is 0 Å². The Hall–Kier alpha value is -1.36. The largest absolute Gasteiger partial charge is 0.465 e. The highest BCUT2D eigenvalue weighted by molar-refractivity contribution is 7.92. The van der Waals surface area contributed by atoms with E-state index >= 15 is 0 Å². The average molecular weight is 256 g/mol. The van der Waals surface area contributed by atoms with Crippen molar-refractivity contribution in [3.8, 4) is 0 Å². The van der Waals surface area contributed by atoms with Crippen LogP contribution in [-0.2, 0) is 19.4 Å². The van der Waals surface area contributed by atoms with Crippen LogP contribution in [0, 0.1) is 13.8 Å². The van der Waals surface area contributed by atoms with Crippen LogP contribution in [0.4, 0.5) is 0 Å². The van der Waals surface area contributed by atoms with E-state index in [-0.39, 0.29) is 11.5 Å². The zero-order chi connectivity index (χ0) is 13.1. The van der Waals surface area contributed by atoms with Crippen LogP contribution in [0.25, 0.3) is 0 Å². The summed E-state index contributed by atoms with van der Waals surface area (Å²) in [5.41, 5.74) is 1.63. The van der Waals surface area contributed by atoms with Gasteiger partial charge in [-0.25, -0.2) is 8.42 Å². The van der Waals surface area contributed by atoms with E-state index in [1.54, 1.807) is 26.0 Å². The van der Waals surface area contributed by atoms with Crippen LogP contribution < -0.4 is 0 Å². The molecule has 5 heteroatoms. The summed E-state index contributed by atoms with van der Waals surface area (Å²) in [5.74, 6) is -1.32. The Kier molecular flexibility index (Phi) is 4.28. The summed E-state index contributed by atoms with van der Waals surface area (Å²) >= 11 is 0. The number of sulfone groups is 1. The molecule has 94 valence electrons. The standard InChI is InChI=1S/C12H16O4S/c1-4-16-12(13)8-17(14,15)11-6-5-9(2)7-10(11)3/h5-7H,4,8H2,1-3H3. The highest BCUT2D eigenvalue weighted by Gasteiger charge is 2.21. The van der Waals surface area contributed by atoms with Gasteiger partial charge in [-0.1, -0.05) is 17.7 Å². The summed E-state index contributed by atoms with van der Waals surface area (Å²) < 4.78 is 28.5. The second kappa shape index (κ2) is 5.31. The molecule has 0 radical (unpaired) electrons. The van der Waals surface area contributed by atoms with Gasteiger partial charge in [-0.15, -0.1) is 0 Å². The molecule has 0 fully saturated rings. The average Bonchev–Trinajstić information content (AvgIpc) is 2.15. The van der Waals surface area contributed by atoms with Gasteiger partial charge in [0.2, 0.25) is 0 Å². The van der Waals surface area contributed by atoms with E-state index in [1.165, 1.54) is 6.07 Å². The number of rotatable bonds is 4. The molecule has 0 saturated carbocycles. The predicted octanol–water partition coefficient (Wildman–Crippen LogP) is 1.64. The first-order chi connectivity index (χ1) is 7.86. The Labute approximate surface area is 102 Å². The lowest BCUT2D eigenvalue weighted by Gasteiger charge is -2.08. The smallest absolute Gasteiger partial charge is 0.321 e. The molecule has 0 aliphatic carbocycles. The number of carbonyl (C=O) groups excluding carboxylic acids is 1. The highest BCUT2D eigenvalue weighted by atomic mass is 32.2. The first-order valence-corrected chi connectivity index (χ1v) is 6.97. The van der Waals surface area contributed by atoms with Gasteiger partial charge in [0.05, 0.1) is 11.5 Å². The van der Waals surface area contributed by atoms with Crippen LogP contribution >= 0.6 is 0 Å². The van der Waals surface area contributed by atoms with E-state index in [9.17, 15) is 13.2 Å². The molecule has 0 aliphatic heterocycles. The summed E-state index contributed by atoms with van der Waals surface area (Å²) in [4.78, 5) is 11.4. The van der Waals surface area contributed by atoms with Crippen molar-refractivity contribution in [2.45, 2.75) is 25.7 Å². The maximum Gasteiger partial charge on any atom is 0.321 e. The highest BCUT2D eigenvalue weighted by Crippen LogP contribution is 2.18. The number of ether oxygens (including phenoxy) is 1. The summed E-state index contributed by atoms with van der Waals surface area (Å²) in [6, 6.07) is 5.02. The Balaban J connectivity index is 3.01. The van der Waals surface area contributed by atoms with Gasteiger partial charge in [0.15, 0.2) is 15.6 Å². The van der Waals surface area contributed by atoms with Gasteiger partial charge >= 0.3 is 5.97 Å². The maximum absolute atomic E-state index is 11.9. The van der Waals surface area contributed by atoms with Crippen molar-refractivity contribution in [1.29, 1.82) is 0 Å². The summed E-state index contributed by atoms with van der Waals surface area (Å²) in [5, 5.41) is 0. The molecule has 0 aromatic heterocycles. The summed E-state index contributed by atoms with van der Waals surface area (Å²) in [6.45, 7) is 5.42. The van der Waals surface area contributed by atoms with Crippen molar-refractivity contribution in [2.75, 3.05) is 12.4 Å². The second-order valence-corrected chi connectivity index (χ2v) is 5.79. The molecule has 0 heterocycles. The zero-order valence-corrected chi connectivity index (χ0v) is 11.0. The molecule has 0 unspecified atom stereocenters. The minimum absolute atomic E-state index is 0.182. The third-order valence-corrected chi connectivity index (χ3v) is 4.02. The van der Waals surface area contributed by atoms with Crippen molar-refractivity contribution in [3.05, 3.63) is 29.3 Å². The van der Waals surface area contributed by atoms with E-state index in [2.05, 4.69) is 4.74 Å². The normalized spacial score (nSPS) is 11.2. The van der Waals surface area contributed by atoms with E-state index < -0.39 is 21.6 Å². The molecular weight excluding hydrogens is 240 g/mol. The number of hydrogen-bond donors (Lipinski definition) is 0. The molecule has 0 spiro atoms. The fourth-order valence-electron chi connectivity index (χ4n) is 1.58. The molecule has 0 amide bonds. The summed E-state index contributed by atoms with van der Waals surface area (Å²) in [6.07, 6.45) is 0. The fraction of sp³-hybridized carbons (Fsp3) is 0.417. The van der Waals surface area contributed by atoms with Gasteiger partial charge in [0.1, 0.15) is 0 Å². The van der Waals surface area contributed by atoms with Gasteiger partial charge in [-0.2, -0.15) is 0 Å². The number of benzene rings is 1. The van der Waals surface area contributed by atoms with Crippen molar-refractivity contribution >= 4 is 15.8 Å². The number of carbonyl (C=O) groups is 1. The molecule has 17 heavy (non-hydrogen) atoms. The number of hydrogen-bond acceptors (Lipinski definition) is 4.